The molecule has 2 amide bonds. The van der Waals surface area contributed by atoms with E-state index in [0.29, 0.717) is 50.0 Å². The van der Waals surface area contributed by atoms with E-state index in [1.165, 1.54) is 5.56 Å². The average molecular weight is 493 g/mol. The van der Waals surface area contributed by atoms with Gasteiger partial charge in [-0.25, -0.2) is 4.98 Å². The second kappa shape index (κ2) is 11.8. The van der Waals surface area contributed by atoms with Gasteiger partial charge in [-0.2, -0.15) is 0 Å². The number of hydrogen-bond donors (Lipinski definition) is 2. The van der Waals surface area contributed by atoms with Gasteiger partial charge in [-0.15, -0.1) is 0 Å². The van der Waals surface area contributed by atoms with Crippen LogP contribution in [0.5, 0.6) is 5.75 Å². The number of hydrogen-bond acceptors (Lipinski definition) is 5. The van der Waals surface area contributed by atoms with Crippen LogP contribution in [0.25, 0.3) is 0 Å². The van der Waals surface area contributed by atoms with Crippen LogP contribution in [-0.2, 0) is 11.2 Å². The smallest absolute Gasteiger partial charge is 0.272 e. The molecule has 2 aliphatic heterocycles. The Labute approximate surface area is 214 Å². The van der Waals surface area contributed by atoms with Gasteiger partial charge in [-0.05, 0) is 68.2 Å². The lowest BCUT2D eigenvalue weighted by molar-refractivity contribution is -0.135. The summed E-state index contributed by atoms with van der Waals surface area (Å²) >= 11 is 0. The van der Waals surface area contributed by atoms with E-state index < -0.39 is 5.41 Å². The summed E-state index contributed by atoms with van der Waals surface area (Å²) in [6.45, 7) is 5.89. The number of fused-ring (bicyclic) bond motifs is 1. The number of para-hydroxylation sites is 1. The molecule has 1 aromatic heterocycles. The molecule has 1 aromatic carbocycles. The number of nitrogens with zero attached hydrogens (tertiary/aromatic N) is 2. The van der Waals surface area contributed by atoms with Crippen LogP contribution in [0.4, 0.5) is 5.82 Å². The van der Waals surface area contributed by atoms with Crippen molar-refractivity contribution in [3.05, 3.63) is 53.7 Å². The molecular weight excluding hydrogens is 452 g/mol. The molecule has 1 saturated heterocycles. The number of benzene rings is 1. The third-order valence-corrected chi connectivity index (χ3v) is 7.58. The van der Waals surface area contributed by atoms with E-state index in [9.17, 15) is 9.59 Å². The summed E-state index contributed by atoms with van der Waals surface area (Å²) in [5.74, 6) is 1.69. The van der Waals surface area contributed by atoms with Crippen molar-refractivity contribution in [3.63, 3.8) is 0 Å². The monoisotopic (exact) mass is 492 g/mol. The van der Waals surface area contributed by atoms with Gasteiger partial charge in [-0.1, -0.05) is 51.0 Å². The van der Waals surface area contributed by atoms with Crippen molar-refractivity contribution in [1.29, 1.82) is 0 Å². The molecule has 0 unspecified atom stereocenters. The van der Waals surface area contributed by atoms with Gasteiger partial charge in [0.2, 0.25) is 5.91 Å². The van der Waals surface area contributed by atoms with Gasteiger partial charge in [-0.3, -0.25) is 9.59 Å². The molecule has 194 valence electrons. The standard InChI is InChI=1S/C29H40N4O3/c1-21(2)19-23-20-36-25-12-6-5-10-22(25)9-4-3-7-14-29(28(35)31-23)15-17-33(18-16-29)27(34)24-11-8-13-26(30)32-24/h5-6,8,10-13,21,23H,3-4,7,9,14-20H2,1-2H3,(H2,30,32)(H,31,35)/t23-/m0/s1. The number of nitrogen functional groups attached to an aromatic ring is 1. The zero-order chi connectivity index (χ0) is 25.5. The van der Waals surface area contributed by atoms with Crippen molar-refractivity contribution in [1.82, 2.24) is 15.2 Å². The lowest BCUT2D eigenvalue weighted by Gasteiger charge is -2.41. The summed E-state index contributed by atoms with van der Waals surface area (Å²) in [4.78, 5) is 32.9. The van der Waals surface area contributed by atoms with E-state index in [1.54, 1.807) is 18.2 Å². The molecule has 3 N–H and O–H groups in total. The molecule has 7 heteroatoms. The first-order valence-electron chi connectivity index (χ1n) is 13.4. The van der Waals surface area contributed by atoms with Gasteiger partial charge in [0.1, 0.15) is 23.9 Å². The molecule has 1 fully saturated rings. The number of carbonyl (C=O) groups excluding carboxylic acids is 2. The van der Waals surface area contributed by atoms with Crippen LogP contribution in [0.2, 0.25) is 0 Å². The lowest BCUT2D eigenvalue weighted by atomic mass is 9.73. The maximum absolute atomic E-state index is 13.8. The number of likely N-dealkylation sites (tertiary alicyclic amines) is 1. The fraction of sp³-hybridized carbons (Fsp3) is 0.552. The molecule has 0 aliphatic carbocycles. The largest absolute Gasteiger partial charge is 0.491 e. The highest BCUT2D eigenvalue weighted by Crippen LogP contribution is 2.38. The van der Waals surface area contributed by atoms with Gasteiger partial charge < -0.3 is 20.7 Å². The molecule has 1 atom stereocenters. The van der Waals surface area contributed by atoms with Crippen LogP contribution in [-0.4, -0.2) is 47.4 Å². The predicted octanol–water partition coefficient (Wildman–Crippen LogP) is 4.61. The second-order valence-electron chi connectivity index (χ2n) is 10.8. The molecule has 2 aliphatic rings. The fourth-order valence-electron chi connectivity index (χ4n) is 5.53. The minimum absolute atomic E-state index is 0.0562. The van der Waals surface area contributed by atoms with Crippen LogP contribution >= 0.6 is 0 Å². The summed E-state index contributed by atoms with van der Waals surface area (Å²) in [7, 11) is 0. The third kappa shape index (κ3) is 6.37. The molecule has 2 aromatic rings. The van der Waals surface area contributed by atoms with Crippen LogP contribution < -0.4 is 15.8 Å². The number of carbonyl (C=O) groups is 2. The molecule has 0 radical (unpaired) electrons. The van der Waals surface area contributed by atoms with Crippen molar-refractivity contribution in [3.8, 4) is 5.75 Å². The van der Waals surface area contributed by atoms with Gasteiger partial charge in [0, 0.05) is 13.1 Å². The van der Waals surface area contributed by atoms with Crippen molar-refractivity contribution < 1.29 is 14.3 Å². The Kier molecular flexibility index (Phi) is 8.49. The fourth-order valence-corrected chi connectivity index (χ4v) is 5.53. The molecule has 0 saturated carbocycles. The first-order valence-corrected chi connectivity index (χ1v) is 13.4. The minimum atomic E-state index is -0.462. The number of amides is 2. The first kappa shape index (κ1) is 26.0. The number of nitrogens with two attached hydrogens (primary N) is 1. The van der Waals surface area contributed by atoms with Gasteiger partial charge >= 0.3 is 0 Å². The van der Waals surface area contributed by atoms with E-state index in [1.807, 2.05) is 17.0 Å². The van der Waals surface area contributed by atoms with Crippen LogP contribution in [0.1, 0.15) is 74.8 Å². The van der Waals surface area contributed by atoms with E-state index in [-0.39, 0.29) is 17.9 Å². The number of nitrogens with one attached hydrogen (secondary N) is 1. The Hall–Kier alpha value is -3.09. The Morgan fingerprint density at radius 1 is 1.11 bits per heavy atom. The highest BCUT2D eigenvalue weighted by Gasteiger charge is 2.42. The molecular formula is C29H40N4O3. The average Bonchev–Trinajstić information content (AvgIpc) is 2.87. The maximum atomic E-state index is 13.8. The molecule has 1 spiro atoms. The summed E-state index contributed by atoms with van der Waals surface area (Å²) in [6, 6.07) is 13.3. The lowest BCUT2D eigenvalue weighted by Crippen LogP contribution is -2.53. The van der Waals surface area contributed by atoms with Crippen molar-refractivity contribution in [2.75, 3.05) is 25.4 Å². The zero-order valence-corrected chi connectivity index (χ0v) is 21.7. The molecule has 7 nitrogen and oxygen atoms in total. The van der Waals surface area contributed by atoms with Crippen LogP contribution in [0.15, 0.2) is 42.5 Å². The molecule has 4 rings (SSSR count). The Morgan fingerprint density at radius 2 is 1.89 bits per heavy atom. The maximum Gasteiger partial charge on any atom is 0.272 e. The van der Waals surface area contributed by atoms with E-state index >= 15 is 0 Å². The number of piperidine rings is 1. The van der Waals surface area contributed by atoms with Gasteiger partial charge in [0.25, 0.3) is 5.91 Å². The highest BCUT2D eigenvalue weighted by molar-refractivity contribution is 5.93. The number of ether oxygens (including phenoxy) is 1. The normalized spacial score (nSPS) is 20.9. The summed E-state index contributed by atoms with van der Waals surface area (Å²) < 4.78 is 6.26. The third-order valence-electron chi connectivity index (χ3n) is 7.58. The van der Waals surface area contributed by atoms with E-state index in [0.717, 1.165) is 44.3 Å². The zero-order valence-electron chi connectivity index (χ0n) is 21.7. The SMILES string of the molecule is CC(C)C[C@H]1COc2ccccc2CCCCCC2(CCN(C(=O)c3cccc(N)n3)CC2)C(=O)N1. The topological polar surface area (TPSA) is 97.6 Å². The van der Waals surface area contributed by atoms with Crippen molar-refractivity contribution >= 4 is 17.6 Å². The summed E-state index contributed by atoms with van der Waals surface area (Å²) in [5.41, 5.74) is 6.92. The number of rotatable bonds is 3. The van der Waals surface area contributed by atoms with Gasteiger partial charge in [0.05, 0.1) is 11.5 Å². The van der Waals surface area contributed by atoms with Crippen LogP contribution in [0.3, 0.4) is 0 Å². The quantitative estimate of drug-likeness (QED) is 0.652. The summed E-state index contributed by atoms with van der Waals surface area (Å²) in [6.07, 6.45) is 7.12. The van der Waals surface area contributed by atoms with Gasteiger partial charge in [0.15, 0.2) is 0 Å². The van der Waals surface area contributed by atoms with Crippen LogP contribution in [0, 0.1) is 11.3 Å². The Balaban J connectivity index is 1.49. The number of aryl methyl sites for hydroxylation is 1. The second-order valence-corrected chi connectivity index (χ2v) is 10.8. The van der Waals surface area contributed by atoms with Crippen molar-refractivity contribution in [2.24, 2.45) is 11.3 Å². The minimum Gasteiger partial charge on any atom is -0.491 e. The molecule has 3 heterocycles. The Bertz CT molecular complexity index is 1050. The first-order chi connectivity index (χ1) is 17.4. The Morgan fingerprint density at radius 3 is 2.64 bits per heavy atom. The summed E-state index contributed by atoms with van der Waals surface area (Å²) in [5, 5.41) is 3.36. The van der Waals surface area contributed by atoms with E-state index in [4.69, 9.17) is 10.5 Å². The van der Waals surface area contributed by atoms with E-state index in [2.05, 4.69) is 36.3 Å². The predicted molar refractivity (Wildman–Crippen MR) is 142 cm³/mol. The number of anilines is 1. The highest BCUT2D eigenvalue weighted by atomic mass is 16.5. The number of aromatic nitrogens is 1. The van der Waals surface area contributed by atoms with Crippen molar-refractivity contribution in [2.45, 2.75) is 71.3 Å². The molecule has 0 bridgehead atoms. The molecule has 36 heavy (non-hydrogen) atoms. The number of pyridine rings is 1.